The van der Waals surface area contributed by atoms with Gasteiger partial charge in [-0.2, -0.15) is 0 Å². The van der Waals surface area contributed by atoms with Gasteiger partial charge in [0.15, 0.2) is 5.13 Å². The third kappa shape index (κ3) is 5.88. The van der Waals surface area contributed by atoms with E-state index in [4.69, 9.17) is 9.47 Å². The number of ketones is 1. The Balaban J connectivity index is 1.59. The van der Waals surface area contributed by atoms with Crippen molar-refractivity contribution < 1.29 is 29.0 Å². The highest BCUT2D eigenvalue weighted by atomic mass is 32.1. The number of hydrogen-bond acceptors (Lipinski definition) is 8. The molecule has 44 heavy (non-hydrogen) atoms. The van der Waals surface area contributed by atoms with Gasteiger partial charge in [-0.05, 0) is 59.7 Å². The van der Waals surface area contributed by atoms with Gasteiger partial charge in [-0.3, -0.25) is 14.5 Å². The summed E-state index contributed by atoms with van der Waals surface area (Å²) in [6.45, 7) is 10.2. The van der Waals surface area contributed by atoms with E-state index in [1.54, 1.807) is 25.1 Å². The Bertz CT molecular complexity index is 1770. The molecule has 0 bridgehead atoms. The van der Waals surface area contributed by atoms with Gasteiger partial charge in [0.1, 0.15) is 23.0 Å². The number of aliphatic hydroxyl groups is 1. The van der Waals surface area contributed by atoms with Crippen molar-refractivity contribution >= 4 is 39.9 Å². The van der Waals surface area contributed by atoms with Crippen molar-refractivity contribution in [2.24, 2.45) is 0 Å². The Kier molecular flexibility index (Phi) is 8.43. The minimum Gasteiger partial charge on any atom is -0.507 e. The van der Waals surface area contributed by atoms with Gasteiger partial charge >= 0.3 is 11.9 Å². The zero-order valence-corrected chi connectivity index (χ0v) is 26.3. The smallest absolute Gasteiger partial charge is 0.350 e. The number of aromatic nitrogens is 1. The molecule has 1 amide bonds. The number of amides is 1. The van der Waals surface area contributed by atoms with Crippen molar-refractivity contribution in [3.05, 3.63) is 117 Å². The van der Waals surface area contributed by atoms with E-state index >= 15 is 0 Å². The number of ether oxygens (including phenoxy) is 2. The average Bonchev–Trinajstić information content (AvgIpc) is 3.51. The van der Waals surface area contributed by atoms with Crippen LogP contribution < -0.4 is 9.64 Å². The molecule has 8 nitrogen and oxygen atoms in total. The lowest BCUT2D eigenvalue weighted by Crippen LogP contribution is -2.29. The maximum absolute atomic E-state index is 13.7. The molecule has 9 heteroatoms. The summed E-state index contributed by atoms with van der Waals surface area (Å²) < 4.78 is 10.9. The Morgan fingerprint density at radius 1 is 1.00 bits per heavy atom. The number of carbonyl (C=O) groups excluding carboxylic acids is 3. The number of Topliss-reactive ketones (excluding diaryl/α,β-unsaturated/α-hetero) is 1. The van der Waals surface area contributed by atoms with Gasteiger partial charge in [0.2, 0.25) is 0 Å². The van der Waals surface area contributed by atoms with E-state index < -0.39 is 23.7 Å². The topological polar surface area (TPSA) is 106 Å². The maximum Gasteiger partial charge on any atom is 0.350 e. The van der Waals surface area contributed by atoms with Gasteiger partial charge < -0.3 is 14.6 Å². The van der Waals surface area contributed by atoms with Gasteiger partial charge in [-0.25, -0.2) is 9.78 Å². The summed E-state index contributed by atoms with van der Waals surface area (Å²) in [4.78, 5) is 45.6. The minimum absolute atomic E-state index is 0.0664. The van der Waals surface area contributed by atoms with Crippen LogP contribution in [0.1, 0.15) is 70.0 Å². The quantitative estimate of drug-likeness (QED) is 0.103. The van der Waals surface area contributed by atoms with Crippen molar-refractivity contribution in [1.29, 1.82) is 0 Å². The second-order valence-electron chi connectivity index (χ2n) is 11.7. The molecule has 1 atom stereocenters. The zero-order valence-electron chi connectivity index (χ0n) is 25.5. The van der Waals surface area contributed by atoms with Gasteiger partial charge in [-0.15, -0.1) is 0 Å². The molecule has 3 aromatic carbocycles. The lowest BCUT2D eigenvalue weighted by molar-refractivity contribution is -0.132. The van der Waals surface area contributed by atoms with Crippen LogP contribution in [0, 0.1) is 13.8 Å². The predicted molar refractivity (Wildman–Crippen MR) is 170 cm³/mol. The Morgan fingerprint density at radius 2 is 1.68 bits per heavy atom. The molecular formula is C35H34N2O6S. The van der Waals surface area contributed by atoms with Crippen LogP contribution in [0.25, 0.3) is 5.76 Å². The second-order valence-corrected chi connectivity index (χ2v) is 12.7. The van der Waals surface area contributed by atoms with Crippen LogP contribution in [-0.2, 0) is 26.3 Å². The molecule has 1 aliphatic heterocycles. The first-order chi connectivity index (χ1) is 20.9. The highest BCUT2D eigenvalue weighted by Gasteiger charge is 2.48. The van der Waals surface area contributed by atoms with Crippen LogP contribution in [0.4, 0.5) is 5.13 Å². The molecule has 1 aliphatic rings. The number of nitrogens with zero attached hydrogens (tertiary/aromatic N) is 2. The lowest BCUT2D eigenvalue weighted by atomic mass is 9.85. The second kappa shape index (κ2) is 12.1. The van der Waals surface area contributed by atoms with Crippen molar-refractivity contribution in [2.45, 2.75) is 52.7 Å². The zero-order chi connectivity index (χ0) is 31.8. The molecule has 1 fully saturated rings. The third-order valence-electron chi connectivity index (χ3n) is 7.58. The molecule has 0 unspecified atom stereocenters. The Morgan fingerprint density at radius 3 is 2.30 bits per heavy atom. The number of carbonyl (C=O) groups is 3. The summed E-state index contributed by atoms with van der Waals surface area (Å²) in [6, 6.07) is 21.5. The van der Waals surface area contributed by atoms with Gasteiger partial charge in [0.05, 0.1) is 24.4 Å². The number of esters is 1. The van der Waals surface area contributed by atoms with E-state index in [-0.39, 0.29) is 26.8 Å². The van der Waals surface area contributed by atoms with E-state index in [1.165, 1.54) is 12.0 Å². The number of methoxy groups -OCH3 is 1. The van der Waals surface area contributed by atoms with Crippen LogP contribution in [0.2, 0.25) is 0 Å². The molecule has 4 aromatic rings. The molecule has 0 spiro atoms. The molecule has 0 radical (unpaired) electrons. The summed E-state index contributed by atoms with van der Waals surface area (Å²) in [5.41, 5.74) is 4.01. The number of aryl methyl sites for hydroxylation is 2. The number of rotatable bonds is 7. The highest BCUT2D eigenvalue weighted by Crippen LogP contribution is 2.44. The van der Waals surface area contributed by atoms with Gasteiger partial charge in [0.25, 0.3) is 5.78 Å². The van der Waals surface area contributed by atoms with Crippen molar-refractivity contribution in [3.8, 4) is 5.75 Å². The first kappa shape index (κ1) is 30.7. The Hall–Kier alpha value is -4.76. The highest BCUT2D eigenvalue weighted by molar-refractivity contribution is 7.17. The van der Waals surface area contributed by atoms with Crippen LogP contribution in [0.3, 0.4) is 0 Å². The predicted octanol–water partition coefficient (Wildman–Crippen LogP) is 7.05. The molecule has 2 heterocycles. The summed E-state index contributed by atoms with van der Waals surface area (Å²) in [6.07, 6.45) is 0. The van der Waals surface area contributed by atoms with Crippen LogP contribution in [0.15, 0.2) is 78.4 Å². The number of thiazole rings is 1. The standard InChI is InChI=1S/C35H34N2O6S/c1-20-18-24(14-17-26(20)43-19-22-10-8-7-9-11-22)29(38)27-28(23-12-15-25(16-13-23)35(3,4)5)37(32(40)30(27)39)34-36-21(2)31(44-34)33(41)42-6/h7-18,28,38H,19H2,1-6H3/b29-27+/t28-/m1/s1. The van der Waals surface area contributed by atoms with E-state index in [0.717, 1.165) is 28.0 Å². The monoisotopic (exact) mass is 610 g/mol. The number of hydrogen-bond donors (Lipinski definition) is 1. The van der Waals surface area contributed by atoms with Gasteiger partial charge in [-0.1, -0.05) is 86.7 Å². The fraction of sp³-hybridized carbons (Fsp3) is 0.257. The van der Waals surface area contributed by atoms with E-state index in [9.17, 15) is 19.5 Å². The fourth-order valence-electron chi connectivity index (χ4n) is 5.13. The molecule has 5 rings (SSSR count). The number of anilines is 1. The molecule has 0 saturated carbocycles. The van der Waals surface area contributed by atoms with Crippen molar-refractivity contribution in [3.63, 3.8) is 0 Å². The summed E-state index contributed by atoms with van der Waals surface area (Å²) in [7, 11) is 1.27. The molecular weight excluding hydrogens is 576 g/mol. The molecule has 226 valence electrons. The van der Waals surface area contributed by atoms with E-state index in [1.807, 2.05) is 61.5 Å². The first-order valence-electron chi connectivity index (χ1n) is 14.2. The summed E-state index contributed by atoms with van der Waals surface area (Å²) in [5.74, 6) is -1.95. The lowest BCUT2D eigenvalue weighted by Gasteiger charge is -2.25. The fourth-order valence-corrected chi connectivity index (χ4v) is 6.14. The van der Waals surface area contributed by atoms with Gasteiger partial charge in [0, 0.05) is 5.56 Å². The SMILES string of the molecule is COC(=O)c1sc(N2C(=O)C(=O)/C(=C(/O)c3ccc(OCc4ccccc4)c(C)c3)[C@H]2c2ccc(C(C)(C)C)cc2)nc1C. The molecule has 0 aliphatic carbocycles. The molecule has 1 aromatic heterocycles. The van der Waals surface area contributed by atoms with E-state index in [0.29, 0.717) is 29.2 Å². The normalized spacial score (nSPS) is 16.3. The average molecular weight is 611 g/mol. The third-order valence-corrected chi connectivity index (χ3v) is 8.72. The summed E-state index contributed by atoms with van der Waals surface area (Å²) >= 11 is 0.965. The largest absolute Gasteiger partial charge is 0.507 e. The number of benzene rings is 3. The van der Waals surface area contributed by atoms with Crippen LogP contribution >= 0.6 is 11.3 Å². The molecule has 1 saturated heterocycles. The van der Waals surface area contributed by atoms with Crippen LogP contribution in [0.5, 0.6) is 5.75 Å². The van der Waals surface area contributed by atoms with Crippen molar-refractivity contribution in [1.82, 2.24) is 4.98 Å². The van der Waals surface area contributed by atoms with Crippen LogP contribution in [-0.4, -0.2) is 34.9 Å². The molecule has 1 N–H and O–H groups in total. The summed E-state index contributed by atoms with van der Waals surface area (Å²) in [5, 5.41) is 11.8. The number of aliphatic hydroxyl groups excluding tert-OH is 1. The Labute approximate surface area is 260 Å². The van der Waals surface area contributed by atoms with E-state index in [2.05, 4.69) is 25.8 Å². The van der Waals surface area contributed by atoms with Crippen molar-refractivity contribution in [2.75, 3.05) is 12.0 Å². The first-order valence-corrected chi connectivity index (χ1v) is 15.0. The minimum atomic E-state index is -0.977. The maximum atomic E-state index is 13.7.